The minimum atomic E-state index is -1.47. The number of pyridine rings is 1. The second-order valence-electron chi connectivity index (χ2n) is 3.38. The van der Waals surface area contributed by atoms with E-state index in [9.17, 15) is 18.8 Å². The van der Waals surface area contributed by atoms with Gasteiger partial charge in [-0.2, -0.15) is 4.39 Å². The van der Waals surface area contributed by atoms with Crippen molar-refractivity contribution in [3.63, 3.8) is 0 Å². The van der Waals surface area contributed by atoms with Gasteiger partial charge in [0, 0.05) is 0 Å². The summed E-state index contributed by atoms with van der Waals surface area (Å²) in [5, 5.41) is 10.8. The van der Waals surface area contributed by atoms with Crippen molar-refractivity contribution in [2.24, 2.45) is 5.73 Å². The standard InChI is InChI=1S/C10H10FN3O4/c11-7-3-1-2-5(13-7)9(16)14-6(10(17)18)4-8(12)15/h1-3,6H,4H2,(H2,12,15)(H,14,16)(H,17,18)/t6-/m0/s1. The Hall–Kier alpha value is -2.51. The minimum absolute atomic E-state index is 0.286. The molecule has 0 bridgehead atoms. The third kappa shape index (κ3) is 3.81. The predicted molar refractivity (Wildman–Crippen MR) is 56.9 cm³/mol. The van der Waals surface area contributed by atoms with Gasteiger partial charge in [-0.25, -0.2) is 9.78 Å². The summed E-state index contributed by atoms with van der Waals surface area (Å²) in [5.74, 6) is -4.07. The first-order valence-corrected chi connectivity index (χ1v) is 4.84. The number of primary amides is 1. The van der Waals surface area contributed by atoms with E-state index in [0.29, 0.717) is 0 Å². The van der Waals surface area contributed by atoms with Gasteiger partial charge < -0.3 is 16.2 Å². The molecule has 1 heterocycles. The summed E-state index contributed by atoms with van der Waals surface area (Å²) in [6, 6.07) is 2.03. The van der Waals surface area contributed by atoms with Crippen LogP contribution in [0.1, 0.15) is 16.9 Å². The van der Waals surface area contributed by atoms with Crippen molar-refractivity contribution >= 4 is 17.8 Å². The van der Waals surface area contributed by atoms with E-state index in [1.807, 2.05) is 5.32 Å². The van der Waals surface area contributed by atoms with Crippen LogP contribution in [0.3, 0.4) is 0 Å². The van der Waals surface area contributed by atoms with E-state index in [1.165, 1.54) is 12.1 Å². The second-order valence-corrected chi connectivity index (χ2v) is 3.38. The SMILES string of the molecule is NC(=O)C[C@H](NC(=O)c1cccc(F)n1)C(=O)O. The average molecular weight is 255 g/mol. The zero-order valence-corrected chi connectivity index (χ0v) is 9.09. The van der Waals surface area contributed by atoms with Crippen LogP contribution in [0.4, 0.5) is 4.39 Å². The predicted octanol–water partition coefficient (Wildman–Crippen LogP) is -0.721. The van der Waals surface area contributed by atoms with E-state index in [4.69, 9.17) is 10.8 Å². The maximum atomic E-state index is 12.8. The quantitative estimate of drug-likeness (QED) is 0.599. The summed E-state index contributed by atoms with van der Waals surface area (Å²) in [5.41, 5.74) is 4.55. The van der Waals surface area contributed by atoms with E-state index < -0.39 is 36.2 Å². The Bertz CT molecular complexity index is 492. The number of carbonyl (C=O) groups excluding carboxylic acids is 2. The molecule has 0 spiro atoms. The van der Waals surface area contributed by atoms with E-state index in [-0.39, 0.29) is 5.69 Å². The van der Waals surface area contributed by atoms with E-state index in [0.717, 1.165) is 6.07 Å². The lowest BCUT2D eigenvalue weighted by Gasteiger charge is -2.12. The summed E-state index contributed by atoms with van der Waals surface area (Å²) >= 11 is 0. The highest BCUT2D eigenvalue weighted by molar-refractivity contribution is 5.96. The van der Waals surface area contributed by atoms with Crippen molar-refractivity contribution in [3.8, 4) is 0 Å². The molecule has 0 aromatic carbocycles. The van der Waals surface area contributed by atoms with Gasteiger partial charge in [0.15, 0.2) is 0 Å². The number of carboxylic acids is 1. The number of rotatable bonds is 5. The molecule has 4 N–H and O–H groups in total. The number of halogens is 1. The van der Waals surface area contributed by atoms with Gasteiger partial charge in [-0.15, -0.1) is 0 Å². The lowest BCUT2D eigenvalue weighted by atomic mass is 10.2. The molecule has 0 unspecified atom stereocenters. The van der Waals surface area contributed by atoms with Crippen LogP contribution in [-0.4, -0.2) is 33.9 Å². The summed E-state index contributed by atoms with van der Waals surface area (Å²) < 4.78 is 12.8. The first kappa shape index (κ1) is 13.6. The highest BCUT2D eigenvalue weighted by Crippen LogP contribution is 2.00. The molecule has 1 aromatic heterocycles. The monoisotopic (exact) mass is 255 g/mol. The molecule has 0 saturated carbocycles. The van der Waals surface area contributed by atoms with Gasteiger partial charge in [0.2, 0.25) is 11.9 Å². The molecule has 0 radical (unpaired) electrons. The Morgan fingerprint density at radius 1 is 1.44 bits per heavy atom. The van der Waals surface area contributed by atoms with Gasteiger partial charge in [0.05, 0.1) is 6.42 Å². The number of aliphatic carboxylic acids is 1. The number of aromatic nitrogens is 1. The lowest BCUT2D eigenvalue weighted by Crippen LogP contribution is -2.43. The maximum absolute atomic E-state index is 12.8. The highest BCUT2D eigenvalue weighted by Gasteiger charge is 2.23. The van der Waals surface area contributed by atoms with Gasteiger partial charge in [-0.1, -0.05) is 6.07 Å². The Morgan fingerprint density at radius 3 is 2.61 bits per heavy atom. The summed E-state index contributed by atoms with van der Waals surface area (Å²) in [4.78, 5) is 36.2. The van der Waals surface area contributed by atoms with Gasteiger partial charge in [0.1, 0.15) is 11.7 Å². The van der Waals surface area contributed by atoms with Crippen LogP contribution in [0, 0.1) is 5.95 Å². The molecule has 96 valence electrons. The molecule has 0 fully saturated rings. The fourth-order valence-electron chi connectivity index (χ4n) is 1.17. The lowest BCUT2D eigenvalue weighted by molar-refractivity contribution is -0.140. The third-order valence-corrected chi connectivity index (χ3v) is 1.96. The topological polar surface area (TPSA) is 122 Å². The molecule has 0 saturated heterocycles. The van der Waals surface area contributed by atoms with Crippen LogP contribution in [-0.2, 0) is 9.59 Å². The average Bonchev–Trinajstić information content (AvgIpc) is 2.27. The summed E-state index contributed by atoms with van der Waals surface area (Å²) in [6.07, 6.45) is -0.559. The molecule has 1 aromatic rings. The Morgan fingerprint density at radius 2 is 2.11 bits per heavy atom. The van der Waals surface area contributed by atoms with Gasteiger partial charge in [0.25, 0.3) is 5.91 Å². The number of hydrogen-bond donors (Lipinski definition) is 3. The van der Waals surface area contributed by atoms with Crippen LogP contribution in [0.2, 0.25) is 0 Å². The van der Waals surface area contributed by atoms with Crippen molar-refractivity contribution in [2.75, 3.05) is 0 Å². The van der Waals surface area contributed by atoms with E-state index in [2.05, 4.69) is 4.98 Å². The molecular formula is C10H10FN3O4. The van der Waals surface area contributed by atoms with Crippen LogP contribution >= 0.6 is 0 Å². The molecule has 18 heavy (non-hydrogen) atoms. The van der Waals surface area contributed by atoms with Crippen LogP contribution in [0.15, 0.2) is 18.2 Å². The normalized spacial score (nSPS) is 11.6. The fraction of sp³-hybridized carbons (Fsp3) is 0.200. The number of hydrogen-bond acceptors (Lipinski definition) is 4. The first-order chi connectivity index (χ1) is 8.40. The van der Waals surface area contributed by atoms with Crippen molar-refractivity contribution < 1.29 is 23.9 Å². The maximum Gasteiger partial charge on any atom is 0.326 e. The zero-order chi connectivity index (χ0) is 13.7. The first-order valence-electron chi connectivity index (χ1n) is 4.84. The van der Waals surface area contributed by atoms with Crippen LogP contribution in [0.25, 0.3) is 0 Å². The molecule has 0 aliphatic carbocycles. The highest BCUT2D eigenvalue weighted by atomic mass is 19.1. The molecule has 0 aliphatic rings. The van der Waals surface area contributed by atoms with Crippen LogP contribution < -0.4 is 11.1 Å². The van der Waals surface area contributed by atoms with Crippen molar-refractivity contribution in [1.82, 2.24) is 10.3 Å². The molecular weight excluding hydrogens is 245 g/mol. The second kappa shape index (κ2) is 5.71. The third-order valence-electron chi connectivity index (χ3n) is 1.96. The number of carboxylic acid groups (broad SMARTS) is 1. The number of nitrogens with zero attached hydrogens (tertiary/aromatic N) is 1. The molecule has 7 nitrogen and oxygen atoms in total. The molecule has 1 atom stereocenters. The van der Waals surface area contributed by atoms with E-state index >= 15 is 0 Å². The van der Waals surface area contributed by atoms with Gasteiger partial charge in [-0.3, -0.25) is 9.59 Å². The number of nitrogens with one attached hydrogen (secondary N) is 1. The number of carbonyl (C=O) groups is 3. The number of nitrogens with two attached hydrogens (primary N) is 1. The Labute approximate surface area is 101 Å². The molecule has 0 aliphatic heterocycles. The van der Waals surface area contributed by atoms with Crippen molar-refractivity contribution in [2.45, 2.75) is 12.5 Å². The van der Waals surface area contributed by atoms with Crippen LogP contribution in [0.5, 0.6) is 0 Å². The largest absolute Gasteiger partial charge is 0.480 e. The fourth-order valence-corrected chi connectivity index (χ4v) is 1.17. The Balaban J connectivity index is 2.78. The molecule has 8 heteroatoms. The number of amides is 2. The van der Waals surface area contributed by atoms with Gasteiger partial charge in [-0.05, 0) is 12.1 Å². The van der Waals surface area contributed by atoms with Crippen molar-refractivity contribution in [3.05, 3.63) is 29.8 Å². The smallest absolute Gasteiger partial charge is 0.326 e. The Kier molecular flexibility index (Phi) is 4.30. The molecule has 1 rings (SSSR count). The summed E-state index contributed by atoms with van der Waals surface area (Å²) in [7, 11) is 0. The minimum Gasteiger partial charge on any atom is -0.480 e. The summed E-state index contributed by atoms with van der Waals surface area (Å²) in [6.45, 7) is 0. The van der Waals surface area contributed by atoms with Gasteiger partial charge >= 0.3 is 5.97 Å². The van der Waals surface area contributed by atoms with E-state index in [1.54, 1.807) is 0 Å². The zero-order valence-electron chi connectivity index (χ0n) is 9.09. The molecule has 2 amide bonds. The van der Waals surface area contributed by atoms with Crippen molar-refractivity contribution in [1.29, 1.82) is 0 Å².